The fraction of sp³-hybridized carbons (Fsp3) is 0.250. The molecule has 2 aromatic rings. The lowest BCUT2D eigenvalue weighted by atomic mass is 9.56. The summed E-state index contributed by atoms with van der Waals surface area (Å²) >= 11 is 0. The van der Waals surface area contributed by atoms with E-state index in [2.05, 4.69) is 62.4 Å². The normalized spacial score (nSPS) is 32.2. The van der Waals surface area contributed by atoms with Gasteiger partial charge in [0.1, 0.15) is 0 Å². The molecule has 0 amide bonds. The maximum absolute atomic E-state index is 9.96. The summed E-state index contributed by atoms with van der Waals surface area (Å²) < 4.78 is 0. The molecule has 0 spiro atoms. The molecule has 0 radical (unpaired) electrons. The summed E-state index contributed by atoms with van der Waals surface area (Å²) in [6.45, 7) is 4.31. The molecule has 0 N–H and O–H groups in total. The largest absolute Gasteiger partial charge is 0.193 e. The highest BCUT2D eigenvalue weighted by atomic mass is 14.7. The fourth-order valence-corrected chi connectivity index (χ4v) is 5.04. The van der Waals surface area contributed by atoms with Crippen molar-refractivity contribution in [1.29, 1.82) is 10.5 Å². The van der Waals surface area contributed by atoms with Gasteiger partial charge in [0.05, 0.1) is 12.1 Å². The minimum absolute atomic E-state index is 0.0166. The Morgan fingerprint density at radius 1 is 0.654 bits per heavy atom. The molecule has 2 aliphatic carbocycles. The summed E-state index contributed by atoms with van der Waals surface area (Å²) in [4.78, 5) is 0. The first-order valence-corrected chi connectivity index (χ1v) is 8.92. The van der Waals surface area contributed by atoms with Crippen LogP contribution in [0.4, 0.5) is 0 Å². The summed E-state index contributed by atoms with van der Waals surface area (Å²) in [6.07, 6.45) is 4.19. The van der Waals surface area contributed by atoms with Gasteiger partial charge in [0.15, 0.2) is 0 Å². The Hall–Kier alpha value is -3.10. The summed E-state index contributed by atoms with van der Waals surface area (Å²) in [6, 6.07) is 25.4. The van der Waals surface area contributed by atoms with Crippen LogP contribution in [0.2, 0.25) is 0 Å². The van der Waals surface area contributed by atoms with Crippen molar-refractivity contribution in [2.24, 2.45) is 10.8 Å². The third-order valence-corrected chi connectivity index (χ3v) is 6.67. The van der Waals surface area contributed by atoms with Gasteiger partial charge in [0.2, 0.25) is 0 Å². The monoisotopic (exact) mass is 336 g/mol. The highest BCUT2D eigenvalue weighted by Gasteiger charge is 2.64. The number of allylic oxidation sites excluding steroid dienone is 4. The molecule has 2 heteroatoms. The Morgan fingerprint density at radius 2 is 1.00 bits per heavy atom. The van der Waals surface area contributed by atoms with E-state index in [9.17, 15) is 10.5 Å². The van der Waals surface area contributed by atoms with Crippen LogP contribution in [-0.4, -0.2) is 0 Å². The minimum atomic E-state index is -0.436. The predicted molar refractivity (Wildman–Crippen MR) is 102 cm³/mol. The number of benzene rings is 2. The first-order valence-electron chi connectivity index (χ1n) is 8.92. The van der Waals surface area contributed by atoms with Crippen molar-refractivity contribution in [2.75, 3.05) is 0 Å². The van der Waals surface area contributed by atoms with Gasteiger partial charge in [-0.25, -0.2) is 0 Å². The Labute approximate surface area is 154 Å². The van der Waals surface area contributed by atoms with Gasteiger partial charge in [0.25, 0.3) is 0 Å². The van der Waals surface area contributed by atoms with Crippen molar-refractivity contribution >= 4 is 0 Å². The van der Waals surface area contributed by atoms with Gasteiger partial charge in [0, 0.05) is 33.8 Å². The predicted octanol–water partition coefficient (Wildman–Crippen LogP) is 5.49. The molecule has 0 aromatic heterocycles. The van der Waals surface area contributed by atoms with Crippen molar-refractivity contribution in [3.05, 3.63) is 95.1 Å². The molecule has 26 heavy (non-hydrogen) atoms. The first-order chi connectivity index (χ1) is 12.6. The average molecular weight is 336 g/mol. The molecule has 4 atom stereocenters. The number of nitriles is 2. The SMILES string of the molecule is C[C@@]12C(C#N)=C[C@H](c3ccccc3)[C@@]1(C)C(C#N)=C[C@@H]2c1ccccc1. The minimum Gasteiger partial charge on any atom is -0.193 e. The summed E-state index contributed by atoms with van der Waals surface area (Å²) in [5.74, 6) is 0.0333. The van der Waals surface area contributed by atoms with E-state index in [0.29, 0.717) is 0 Å². The second kappa shape index (κ2) is 5.72. The van der Waals surface area contributed by atoms with Crippen LogP contribution in [0.15, 0.2) is 84.0 Å². The molecule has 0 aliphatic heterocycles. The van der Waals surface area contributed by atoms with E-state index in [0.717, 1.165) is 22.3 Å². The van der Waals surface area contributed by atoms with Crippen LogP contribution in [0.1, 0.15) is 36.8 Å². The highest BCUT2D eigenvalue weighted by molar-refractivity contribution is 5.59. The molecule has 0 unspecified atom stereocenters. The highest BCUT2D eigenvalue weighted by Crippen LogP contribution is 2.71. The zero-order chi connectivity index (χ0) is 18.4. The van der Waals surface area contributed by atoms with Crippen LogP contribution in [0, 0.1) is 33.5 Å². The third kappa shape index (κ3) is 1.91. The standard InChI is InChI=1S/C24H20N2/c1-23-19(15-25)13-22(18-11-7-4-8-12-18)24(23,2)20(16-26)14-21(23)17-9-5-3-6-10-17/h3-14,21-22H,1-2H3/t21-,22-,23-,24+/m1/s1. The number of rotatable bonds is 2. The molecule has 2 aliphatic rings. The van der Waals surface area contributed by atoms with Gasteiger partial charge in [-0.1, -0.05) is 86.7 Å². The van der Waals surface area contributed by atoms with Crippen LogP contribution in [-0.2, 0) is 0 Å². The molecule has 0 heterocycles. The van der Waals surface area contributed by atoms with E-state index in [1.807, 2.05) is 36.4 Å². The van der Waals surface area contributed by atoms with E-state index in [-0.39, 0.29) is 11.8 Å². The molecule has 126 valence electrons. The zero-order valence-corrected chi connectivity index (χ0v) is 15.0. The van der Waals surface area contributed by atoms with Crippen LogP contribution >= 0.6 is 0 Å². The maximum Gasteiger partial charge on any atom is 0.0950 e. The molecular weight excluding hydrogens is 316 g/mol. The molecule has 2 nitrogen and oxygen atoms in total. The quantitative estimate of drug-likeness (QED) is 0.727. The smallest absolute Gasteiger partial charge is 0.0950 e. The van der Waals surface area contributed by atoms with E-state index in [1.54, 1.807) is 0 Å². The molecule has 0 saturated carbocycles. The molecule has 2 aromatic carbocycles. The van der Waals surface area contributed by atoms with Crippen LogP contribution < -0.4 is 0 Å². The van der Waals surface area contributed by atoms with Crippen molar-refractivity contribution < 1.29 is 0 Å². The van der Waals surface area contributed by atoms with Gasteiger partial charge in [-0.05, 0) is 11.1 Å². The van der Waals surface area contributed by atoms with E-state index in [4.69, 9.17) is 0 Å². The van der Waals surface area contributed by atoms with Crippen molar-refractivity contribution in [3.63, 3.8) is 0 Å². The average Bonchev–Trinajstić information content (AvgIpc) is 3.06. The van der Waals surface area contributed by atoms with Crippen LogP contribution in [0.3, 0.4) is 0 Å². The van der Waals surface area contributed by atoms with Gasteiger partial charge in [-0.2, -0.15) is 10.5 Å². The second-order valence-electron chi connectivity index (χ2n) is 7.57. The lowest BCUT2D eigenvalue weighted by molar-refractivity contribution is 0.171. The number of hydrogen-bond donors (Lipinski definition) is 0. The first kappa shape index (κ1) is 16.4. The Kier molecular flexibility index (Phi) is 3.60. The van der Waals surface area contributed by atoms with Crippen molar-refractivity contribution in [1.82, 2.24) is 0 Å². The van der Waals surface area contributed by atoms with Gasteiger partial charge in [-0.15, -0.1) is 0 Å². The van der Waals surface area contributed by atoms with Crippen molar-refractivity contribution in [3.8, 4) is 12.1 Å². The van der Waals surface area contributed by atoms with Crippen LogP contribution in [0.5, 0.6) is 0 Å². The van der Waals surface area contributed by atoms with E-state index in [1.165, 1.54) is 0 Å². The molecule has 0 bridgehead atoms. The fourth-order valence-electron chi connectivity index (χ4n) is 5.04. The second-order valence-corrected chi connectivity index (χ2v) is 7.57. The van der Waals surface area contributed by atoms with E-state index < -0.39 is 10.8 Å². The lowest BCUT2D eigenvalue weighted by Gasteiger charge is -2.44. The van der Waals surface area contributed by atoms with E-state index >= 15 is 0 Å². The number of hydrogen-bond acceptors (Lipinski definition) is 2. The summed E-state index contributed by atoms with van der Waals surface area (Å²) in [7, 11) is 0. The van der Waals surface area contributed by atoms with Gasteiger partial charge >= 0.3 is 0 Å². The van der Waals surface area contributed by atoms with Crippen LogP contribution in [0.25, 0.3) is 0 Å². The molecule has 0 saturated heterocycles. The van der Waals surface area contributed by atoms with Gasteiger partial charge in [-0.3, -0.25) is 0 Å². The Bertz CT molecular complexity index is 905. The Morgan fingerprint density at radius 3 is 1.31 bits per heavy atom. The molecule has 0 fully saturated rings. The number of nitrogens with zero attached hydrogens (tertiary/aromatic N) is 2. The maximum atomic E-state index is 9.96. The topological polar surface area (TPSA) is 47.6 Å². The summed E-state index contributed by atoms with van der Waals surface area (Å²) in [5, 5.41) is 19.9. The Balaban J connectivity index is 1.95. The van der Waals surface area contributed by atoms with Gasteiger partial charge < -0.3 is 0 Å². The van der Waals surface area contributed by atoms with Crippen molar-refractivity contribution in [2.45, 2.75) is 25.7 Å². The lowest BCUT2D eigenvalue weighted by Crippen LogP contribution is -2.39. The molecular formula is C24H20N2. The third-order valence-electron chi connectivity index (χ3n) is 6.67. The summed E-state index contributed by atoms with van der Waals surface area (Å²) in [5.41, 5.74) is 3.00. The zero-order valence-electron chi connectivity index (χ0n) is 15.0. The number of fused-ring (bicyclic) bond motifs is 1. The molecule has 4 rings (SSSR count).